The van der Waals surface area contributed by atoms with Crippen molar-refractivity contribution < 1.29 is 4.79 Å². The zero-order valence-electron chi connectivity index (χ0n) is 11.7. The van der Waals surface area contributed by atoms with Crippen molar-refractivity contribution in [2.24, 2.45) is 0 Å². The number of fused-ring (bicyclic) bond motifs is 1. The Morgan fingerprint density at radius 2 is 2.23 bits per heavy atom. The first kappa shape index (κ1) is 14.9. The number of hydrogen-bond donors (Lipinski definition) is 0. The summed E-state index contributed by atoms with van der Waals surface area (Å²) in [6.07, 6.45) is 1.60. The van der Waals surface area contributed by atoms with Gasteiger partial charge in [0, 0.05) is 22.3 Å². The lowest BCUT2D eigenvalue weighted by Crippen LogP contribution is -2.34. The predicted molar refractivity (Wildman–Crippen MR) is 91.4 cm³/mol. The van der Waals surface area contributed by atoms with Crippen molar-refractivity contribution in [2.45, 2.75) is 6.54 Å². The molecule has 0 atom stereocenters. The highest BCUT2D eigenvalue weighted by Crippen LogP contribution is 2.17. The number of halogens is 1. The second-order valence-electron chi connectivity index (χ2n) is 4.77. The molecule has 112 valence electrons. The second-order valence-corrected chi connectivity index (χ2v) is 6.47. The van der Waals surface area contributed by atoms with Crippen LogP contribution in [0.15, 0.2) is 50.5 Å². The summed E-state index contributed by atoms with van der Waals surface area (Å²) in [4.78, 5) is 26.2. The van der Waals surface area contributed by atoms with E-state index in [9.17, 15) is 9.59 Å². The van der Waals surface area contributed by atoms with Gasteiger partial charge < -0.3 is 4.90 Å². The topological polar surface area (TPSA) is 55.2 Å². The fraction of sp³-hybridized carbons (Fsp3) is 0.133. The van der Waals surface area contributed by atoms with Gasteiger partial charge in [-0.2, -0.15) is 16.4 Å². The maximum Gasteiger partial charge on any atom is 0.275 e. The van der Waals surface area contributed by atoms with E-state index in [0.29, 0.717) is 5.39 Å². The molecule has 3 aromatic rings. The van der Waals surface area contributed by atoms with E-state index in [1.54, 1.807) is 25.4 Å². The number of nitrogens with zero attached hydrogens (tertiary/aromatic N) is 3. The molecule has 22 heavy (non-hydrogen) atoms. The van der Waals surface area contributed by atoms with Gasteiger partial charge in [0.05, 0.1) is 17.3 Å². The number of benzene rings is 1. The molecular weight excluding hydrogens is 366 g/mol. The minimum Gasteiger partial charge on any atom is -0.313 e. The zero-order valence-corrected chi connectivity index (χ0v) is 14.1. The molecule has 0 bridgehead atoms. The van der Waals surface area contributed by atoms with Gasteiger partial charge in [-0.1, -0.05) is 15.9 Å². The Labute approximate surface area is 138 Å². The van der Waals surface area contributed by atoms with E-state index in [1.807, 2.05) is 22.9 Å². The molecule has 0 aliphatic rings. The monoisotopic (exact) mass is 377 g/mol. The van der Waals surface area contributed by atoms with E-state index < -0.39 is 0 Å². The first-order valence-corrected chi connectivity index (χ1v) is 8.24. The number of anilines is 1. The number of likely N-dealkylation sites (N-methyl/N-ethyl adjacent to an activating group) is 1. The lowest BCUT2D eigenvalue weighted by atomic mass is 10.2. The second kappa shape index (κ2) is 6.02. The van der Waals surface area contributed by atoms with Crippen LogP contribution in [-0.2, 0) is 11.3 Å². The van der Waals surface area contributed by atoms with Crippen LogP contribution < -0.4 is 10.5 Å². The first-order valence-electron chi connectivity index (χ1n) is 6.50. The molecule has 0 aliphatic carbocycles. The highest BCUT2D eigenvalue weighted by atomic mass is 79.9. The number of hydrogen-bond acceptors (Lipinski definition) is 4. The molecule has 0 saturated heterocycles. The van der Waals surface area contributed by atoms with Gasteiger partial charge in [-0.15, -0.1) is 0 Å². The molecule has 0 unspecified atom stereocenters. The third kappa shape index (κ3) is 2.82. The van der Waals surface area contributed by atoms with Crippen LogP contribution >= 0.6 is 27.3 Å². The zero-order chi connectivity index (χ0) is 15.7. The van der Waals surface area contributed by atoms with Crippen LogP contribution in [0.5, 0.6) is 0 Å². The fourth-order valence-corrected chi connectivity index (χ4v) is 3.15. The van der Waals surface area contributed by atoms with Crippen LogP contribution in [0.4, 0.5) is 5.69 Å². The number of carbonyl (C=O) groups excluding carboxylic acids is 1. The fourth-order valence-electron chi connectivity index (χ4n) is 2.10. The predicted octanol–water partition coefficient (Wildman–Crippen LogP) is 2.88. The Balaban J connectivity index is 1.91. The molecule has 1 amide bonds. The van der Waals surface area contributed by atoms with Crippen LogP contribution in [0.25, 0.3) is 10.8 Å². The standard InChI is InChI=1S/C15H12BrN3O2S/c1-18(12-4-5-22-9-12)14(20)8-19-15(21)13-3-2-11(16)6-10(13)7-17-19/h2-7,9H,8H2,1H3. The summed E-state index contributed by atoms with van der Waals surface area (Å²) in [5.74, 6) is -0.190. The minimum atomic E-state index is -0.267. The molecule has 0 N–H and O–H groups in total. The van der Waals surface area contributed by atoms with E-state index in [0.717, 1.165) is 15.5 Å². The quantitative estimate of drug-likeness (QED) is 0.704. The van der Waals surface area contributed by atoms with Crippen LogP contribution in [0.3, 0.4) is 0 Å². The largest absolute Gasteiger partial charge is 0.313 e. The van der Waals surface area contributed by atoms with Crippen molar-refractivity contribution in [1.29, 1.82) is 0 Å². The lowest BCUT2D eigenvalue weighted by molar-refractivity contribution is -0.119. The highest BCUT2D eigenvalue weighted by Gasteiger charge is 2.14. The average Bonchev–Trinajstić information content (AvgIpc) is 3.03. The number of thiophene rings is 1. The van der Waals surface area contributed by atoms with Crippen LogP contribution in [0.1, 0.15) is 0 Å². The average molecular weight is 378 g/mol. The molecule has 0 aliphatic heterocycles. The molecule has 0 fully saturated rings. The van der Waals surface area contributed by atoms with Crippen LogP contribution in [0, 0.1) is 0 Å². The molecule has 1 aromatic carbocycles. The SMILES string of the molecule is CN(C(=O)Cn1ncc2cc(Br)ccc2c1=O)c1ccsc1. The third-order valence-electron chi connectivity index (χ3n) is 3.37. The van der Waals surface area contributed by atoms with E-state index in [1.165, 1.54) is 20.9 Å². The summed E-state index contributed by atoms with van der Waals surface area (Å²) >= 11 is 4.88. The molecule has 0 radical (unpaired) electrons. The molecule has 0 saturated carbocycles. The van der Waals surface area contributed by atoms with Crippen molar-refractivity contribution in [3.8, 4) is 0 Å². The Morgan fingerprint density at radius 1 is 1.41 bits per heavy atom. The Hall–Kier alpha value is -1.99. The summed E-state index contributed by atoms with van der Waals surface area (Å²) < 4.78 is 2.08. The number of amides is 1. The minimum absolute atomic E-state index is 0.0861. The smallest absolute Gasteiger partial charge is 0.275 e. The first-order chi connectivity index (χ1) is 10.6. The van der Waals surface area contributed by atoms with Gasteiger partial charge in [0.1, 0.15) is 6.54 Å². The number of aromatic nitrogens is 2. The summed E-state index contributed by atoms with van der Waals surface area (Å²) in [5.41, 5.74) is 0.546. The molecular formula is C15H12BrN3O2S. The van der Waals surface area contributed by atoms with Gasteiger partial charge in [-0.3, -0.25) is 9.59 Å². The van der Waals surface area contributed by atoms with Crippen LogP contribution in [0.2, 0.25) is 0 Å². The number of carbonyl (C=O) groups is 1. The van der Waals surface area contributed by atoms with Gasteiger partial charge in [0.2, 0.25) is 5.91 Å². The Bertz CT molecular complexity index is 889. The van der Waals surface area contributed by atoms with Gasteiger partial charge in [0.15, 0.2) is 0 Å². The molecule has 5 nitrogen and oxygen atoms in total. The van der Waals surface area contributed by atoms with Gasteiger partial charge >= 0.3 is 0 Å². The van der Waals surface area contributed by atoms with Crippen molar-refractivity contribution >= 4 is 49.6 Å². The molecule has 7 heteroatoms. The van der Waals surface area contributed by atoms with E-state index in [-0.39, 0.29) is 18.0 Å². The molecule has 0 spiro atoms. The Kier molecular flexibility index (Phi) is 4.08. The van der Waals surface area contributed by atoms with E-state index >= 15 is 0 Å². The van der Waals surface area contributed by atoms with Crippen molar-refractivity contribution in [3.63, 3.8) is 0 Å². The molecule has 3 rings (SSSR count). The maximum absolute atomic E-state index is 12.4. The maximum atomic E-state index is 12.4. The van der Waals surface area contributed by atoms with Crippen LogP contribution in [-0.4, -0.2) is 22.7 Å². The normalized spacial score (nSPS) is 10.8. The van der Waals surface area contributed by atoms with E-state index in [4.69, 9.17) is 0 Å². The number of rotatable bonds is 3. The third-order valence-corrected chi connectivity index (χ3v) is 4.53. The lowest BCUT2D eigenvalue weighted by Gasteiger charge is -2.15. The van der Waals surface area contributed by atoms with Crippen molar-refractivity contribution in [2.75, 3.05) is 11.9 Å². The highest BCUT2D eigenvalue weighted by molar-refractivity contribution is 9.10. The Morgan fingerprint density at radius 3 is 2.95 bits per heavy atom. The summed E-state index contributed by atoms with van der Waals surface area (Å²) in [6.45, 7) is -0.0861. The summed E-state index contributed by atoms with van der Waals surface area (Å²) in [6, 6.07) is 7.21. The van der Waals surface area contributed by atoms with Gasteiger partial charge in [0.25, 0.3) is 5.56 Å². The van der Waals surface area contributed by atoms with Gasteiger partial charge in [-0.25, -0.2) is 4.68 Å². The molecule has 2 aromatic heterocycles. The summed E-state index contributed by atoms with van der Waals surface area (Å²) in [7, 11) is 1.69. The molecule has 2 heterocycles. The summed E-state index contributed by atoms with van der Waals surface area (Å²) in [5, 5.41) is 9.16. The van der Waals surface area contributed by atoms with Crippen molar-refractivity contribution in [3.05, 3.63) is 56.0 Å². The van der Waals surface area contributed by atoms with Gasteiger partial charge in [-0.05, 0) is 29.6 Å². The van der Waals surface area contributed by atoms with Crippen molar-refractivity contribution in [1.82, 2.24) is 9.78 Å². The van der Waals surface area contributed by atoms with E-state index in [2.05, 4.69) is 21.0 Å².